The molecule has 58 heavy (non-hydrogen) atoms. The Morgan fingerprint density at radius 1 is 0.931 bits per heavy atom. The lowest BCUT2D eigenvalue weighted by atomic mass is 9.91. The highest BCUT2D eigenvalue weighted by atomic mass is 19.1. The number of halogens is 1. The number of aryl methyl sites for hydroxylation is 2. The number of H-pyrrole nitrogens is 1. The molecule has 2 saturated heterocycles. The van der Waals surface area contributed by atoms with Crippen LogP contribution in [0.5, 0.6) is 0 Å². The maximum Gasteiger partial charge on any atom is 0.438 e. The summed E-state index contributed by atoms with van der Waals surface area (Å²) in [5.74, 6) is 0.425. The van der Waals surface area contributed by atoms with Gasteiger partial charge in [0.1, 0.15) is 17.1 Å². The number of aromatic amines is 1. The summed E-state index contributed by atoms with van der Waals surface area (Å²) in [4.78, 5) is 54.2. The molecule has 1 N–H and O–H groups in total. The van der Waals surface area contributed by atoms with E-state index in [0.29, 0.717) is 83.9 Å². The fourth-order valence-electron chi connectivity index (χ4n) is 9.89. The van der Waals surface area contributed by atoms with E-state index in [1.165, 1.54) is 11.1 Å². The van der Waals surface area contributed by atoms with Crippen LogP contribution in [0.25, 0.3) is 16.6 Å². The third kappa shape index (κ3) is 5.68. The van der Waals surface area contributed by atoms with Crippen LogP contribution in [0.3, 0.4) is 0 Å². The summed E-state index contributed by atoms with van der Waals surface area (Å²) < 4.78 is 29.3. The van der Waals surface area contributed by atoms with E-state index in [-0.39, 0.29) is 29.1 Å². The maximum absolute atomic E-state index is 15.2. The molecule has 6 heterocycles. The zero-order valence-electron chi connectivity index (χ0n) is 33.1. The normalized spacial score (nSPS) is 22.3. The first-order chi connectivity index (χ1) is 28.0. The second-order valence-corrected chi connectivity index (χ2v) is 16.8. The van der Waals surface area contributed by atoms with E-state index in [2.05, 4.69) is 56.9 Å². The number of hydrogen-bond donors (Lipinski definition) is 1. The highest BCUT2D eigenvalue weighted by Crippen LogP contribution is 2.56. The van der Waals surface area contributed by atoms with E-state index in [4.69, 9.17) is 14.2 Å². The number of ether oxygens (including phenoxy) is 1. The van der Waals surface area contributed by atoms with Gasteiger partial charge in [-0.2, -0.15) is 0 Å². The summed E-state index contributed by atoms with van der Waals surface area (Å²) in [5.41, 5.74) is 5.37. The fourth-order valence-corrected chi connectivity index (χ4v) is 9.89. The Hall–Kier alpha value is -5.82. The van der Waals surface area contributed by atoms with Crippen LogP contribution in [0.1, 0.15) is 101 Å². The van der Waals surface area contributed by atoms with Crippen molar-refractivity contribution in [2.24, 2.45) is 5.92 Å². The van der Waals surface area contributed by atoms with Crippen LogP contribution in [0, 0.1) is 25.6 Å². The maximum atomic E-state index is 15.2. The molecular formula is C45H46FN7O5. The number of carbonyl (C=O) groups excluding carboxylic acids is 1. The molecule has 12 nitrogen and oxygen atoms in total. The van der Waals surface area contributed by atoms with E-state index in [9.17, 15) is 14.0 Å². The predicted octanol–water partition coefficient (Wildman–Crippen LogP) is 6.66. The minimum atomic E-state index is -0.784. The second kappa shape index (κ2) is 13.6. The molecular weight excluding hydrogens is 738 g/mol. The van der Waals surface area contributed by atoms with Crippen LogP contribution in [0.4, 0.5) is 10.3 Å². The van der Waals surface area contributed by atoms with Crippen molar-refractivity contribution >= 4 is 22.8 Å². The molecule has 3 aliphatic heterocycles. The summed E-state index contributed by atoms with van der Waals surface area (Å²) in [6.45, 7) is 10.5. The van der Waals surface area contributed by atoms with E-state index < -0.39 is 17.3 Å². The summed E-state index contributed by atoms with van der Waals surface area (Å²) in [6, 6.07) is 21.6. The number of nitrogens with zero attached hydrogens (tertiary/aromatic N) is 6. The van der Waals surface area contributed by atoms with Gasteiger partial charge in [0, 0.05) is 55.2 Å². The number of hydrogen-bond acceptors (Lipinski definition) is 8. The molecule has 3 aromatic carbocycles. The summed E-state index contributed by atoms with van der Waals surface area (Å²) >= 11 is 0. The Morgan fingerprint density at radius 2 is 1.66 bits per heavy atom. The van der Waals surface area contributed by atoms with Crippen LogP contribution in [0.2, 0.25) is 0 Å². The first-order valence-corrected chi connectivity index (χ1v) is 20.4. The number of carbonyl (C=O) groups is 1. The van der Waals surface area contributed by atoms with E-state index in [1.807, 2.05) is 36.1 Å². The lowest BCUT2D eigenvalue weighted by Gasteiger charge is -2.42. The number of amides is 1. The molecule has 10 rings (SSSR count). The highest BCUT2D eigenvalue weighted by Gasteiger charge is 2.59. The van der Waals surface area contributed by atoms with Crippen molar-refractivity contribution in [2.45, 2.75) is 76.8 Å². The Balaban J connectivity index is 1.07. The minimum absolute atomic E-state index is 0.0581. The average molecular weight is 784 g/mol. The summed E-state index contributed by atoms with van der Waals surface area (Å²) in [7, 11) is 0. The smallest absolute Gasteiger partial charge is 0.381 e. The first kappa shape index (κ1) is 36.5. The Bertz CT molecular complexity index is 2700. The van der Waals surface area contributed by atoms with Gasteiger partial charge in [-0.3, -0.25) is 19.1 Å². The molecule has 1 saturated carbocycles. The number of anilines is 1. The van der Waals surface area contributed by atoms with Gasteiger partial charge in [-0.1, -0.05) is 48.5 Å². The Labute approximate surface area is 334 Å². The number of aromatic nitrogens is 5. The van der Waals surface area contributed by atoms with Gasteiger partial charge < -0.3 is 19.1 Å². The topological polar surface area (TPSA) is 131 Å². The number of rotatable bonds is 7. The van der Waals surface area contributed by atoms with Gasteiger partial charge >= 0.3 is 5.76 Å². The third-order valence-electron chi connectivity index (χ3n) is 13.3. The highest BCUT2D eigenvalue weighted by molar-refractivity contribution is 6.00. The molecule has 0 spiro atoms. The van der Waals surface area contributed by atoms with Gasteiger partial charge in [-0.15, -0.1) is 0 Å². The van der Waals surface area contributed by atoms with Crippen molar-refractivity contribution in [1.29, 1.82) is 0 Å². The van der Waals surface area contributed by atoms with Crippen molar-refractivity contribution in [2.75, 3.05) is 37.7 Å². The number of benzene rings is 3. The molecule has 0 bridgehead atoms. The van der Waals surface area contributed by atoms with Crippen LogP contribution in [-0.4, -0.2) is 67.9 Å². The van der Waals surface area contributed by atoms with Crippen LogP contribution >= 0.6 is 0 Å². The Kier molecular flexibility index (Phi) is 8.59. The summed E-state index contributed by atoms with van der Waals surface area (Å²) in [5, 5.41) is 5.09. The molecule has 4 aliphatic rings. The molecule has 1 unspecified atom stereocenters. The molecule has 0 radical (unpaired) electrons. The molecule has 13 heteroatoms. The van der Waals surface area contributed by atoms with Gasteiger partial charge in [0.15, 0.2) is 5.82 Å². The largest absolute Gasteiger partial charge is 0.438 e. The molecule has 3 fully saturated rings. The zero-order chi connectivity index (χ0) is 40.0. The fraction of sp³-hybridized carbons (Fsp3) is 0.400. The minimum Gasteiger partial charge on any atom is -0.381 e. The van der Waals surface area contributed by atoms with Crippen molar-refractivity contribution in [3.05, 3.63) is 138 Å². The monoisotopic (exact) mass is 783 g/mol. The quantitative estimate of drug-likeness (QED) is 0.190. The second-order valence-electron chi connectivity index (χ2n) is 16.8. The van der Waals surface area contributed by atoms with Crippen molar-refractivity contribution in [3.8, 4) is 5.69 Å². The van der Waals surface area contributed by atoms with E-state index in [0.717, 1.165) is 37.0 Å². The molecule has 1 amide bonds. The lowest BCUT2D eigenvalue weighted by molar-refractivity contribution is 0.0658. The van der Waals surface area contributed by atoms with Crippen LogP contribution in [-0.2, 0) is 16.7 Å². The van der Waals surface area contributed by atoms with E-state index >= 15 is 4.79 Å². The predicted molar refractivity (Wildman–Crippen MR) is 217 cm³/mol. The van der Waals surface area contributed by atoms with Gasteiger partial charge in [-0.25, -0.2) is 18.7 Å². The molecule has 3 aromatic heterocycles. The Morgan fingerprint density at radius 3 is 2.33 bits per heavy atom. The number of nitrogens with one attached hydrogen (secondary N) is 1. The first-order valence-electron chi connectivity index (χ1n) is 20.4. The van der Waals surface area contributed by atoms with Crippen molar-refractivity contribution < 1.29 is 18.4 Å². The van der Waals surface area contributed by atoms with Gasteiger partial charge in [0.25, 0.3) is 11.5 Å². The standard InChI is InChI=1S/C45H46FN7O5/c1-25-18-34(19-26(2)38(25)46)52-40(54)35-12-15-51(28(4)39(35)47-43(52)50-23-33(24-50)29-8-6-5-7-9-29)41(55)37-21-32-20-31(30-13-16-57-17-14-30)10-11-36(32)53(37)45(22-27(45)3)42-48-44(56)58-49-42/h5-11,18-21,27-28,30,33H,12-17,22-24H2,1-4H3,(H,48,49,56)/t27-,28-,45?/m0/s1. The zero-order valence-corrected chi connectivity index (χ0v) is 33.1. The summed E-state index contributed by atoms with van der Waals surface area (Å²) in [6.07, 6.45) is 2.83. The van der Waals surface area contributed by atoms with Gasteiger partial charge in [-0.05, 0) is 111 Å². The van der Waals surface area contributed by atoms with Crippen molar-refractivity contribution in [1.82, 2.24) is 29.2 Å². The molecule has 6 aromatic rings. The van der Waals surface area contributed by atoms with E-state index in [1.54, 1.807) is 30.5 Å². The van der Waals surface area contributed by atoms with Gasteiger partial charge in [0.05, 0.1) is 17.4 Å². The molecule has 3 atom stereocenters. The number of fused-ring (bicyclic) bond motifs is 2. The van der Waals surface area contributed by atoms with Crippen LogP contribution < -0.4 is 16.2 Å². The average Bonchev–Trinajstić information content (AvgIpc) is 3.48. The third-order valence-corrected chi connectivity index (χ3v) is 13.3. The molecule has 298 valence electrons. The SMILES string of the molecule is Cc1cc(-n2c(N3CC(c4ccccc4)C3)nc3c(c2=O)CCN(C(=O)c2cc4cc(C5CCOCC5)ccc4n2C2(c4noc(=O)[nH]4)C[C@@H]2C)[C@H]3C)cc(C)c1F. The van der Waals surface area contributed by atoms with Crippen molar-refractivity contribution in [3.63, 3.8) is 0 Å². The van der Waals surface area contributed by atoms with Crippen LogP contribution in [0.15, 0.2) is 80.8 Å². The molecule has 1 aliphatic carbocycles. The lowest BCUT2D eigenvalue weighted by Crippen LogP contribution is -2.50. The van der Waals surface area contributed by atoms with Gasteiger partial charge in [0.2, 0.25) is 5.95 Å².